The van der Waals surface area contributed by atoms with E-state index in [-0.39, 0.29) is 6.61 Å². The lowest BCUT2D eigenvalue weighted by Crippen LogP contribution is -2.28. The zero-order valence-electron chi connectivity index (χ0n) is 11.2. The van der Waals surface area contributed by atoms with Gasteiger partial charge in [0.1, 0.15) is 0 Å². The largest absolute Gasteiger partial charge is 0.392 e. The molecule has 0 radical (unpaired) electrons. The van der Waals surface area contributed by atoms with Gasteiger partial charge in [-0.05, 0) is 36.5 Å². The van der Waals surface area contributed by atoms with Gasteiger partial charge < -0.3 is 5.11 Å². The number of hydrogen-bond donors (Lipinski definition) is 1. The van der Waals surface area contributed by atoms with Gasteiger partial charge in [0.2, 0.25) is 10.0 Å². The molecule has 1 unspecified atom stereocenters. The number of benzene rings is 1. The fourth-order valence-corrected chi connectivity index (χ4v) is 4.11. The lowest BCUT2D eigenvalue weighted by Gasteiger charge is -2.16. The molecule has 1 atom stereocenters. The molecule has 0 saturated carbocycles. The van der Waals surface area contributed by atoms with Gasteiger partial charge in [0.05, 0.1) is 11.5 Å². The molecule has 1 fully saturated rings. The second-order valence-electron chi connectivity index (χ2n) is 5.11. The molecule has 0 bridgehead atoms. The maximum atomic E-state index is 12.4. The average Bonchev–Trinajstić information content (AvgIpc) is 2.89. The summed E-state index contributed by atoms with van der Waals surface area (Å²) in [7, 11) is -3.36. The summed E-state index contributed by atoms with van der Waals surface area (Å²) in [6.45, 7) is 3.32. The van der Waals surface area contributed by atoms with E-state index in [9.17, 15) is 8.42 Å². The Labute approximate surface area is 115 Å². The molecule has 106 valence electrons. The molecule has 0 aliphatic carbocycles. The standard InChI is InChI=1S/C14H21NO3S/c1-2-3-12-8-9-15(10-12)19(17,18)14-6-4-13(11-16)5-7-14/h4-7,12,16H,2-3,8-11H2,1H3. The van der Waals surface area contributed by atoms with Gasteiger partial charge in [-0.15, -0.1) is 0 Å². The fraction of sp³-hybridized carbons (Fsp3) is 0.571. The van der Waals surface area contributed by atoms with Gasteiger partial charge in [-0.3, -0.25) is 0 Å². The van der Waals surface area contributed by atoms with Crippen LogP contribution in [-0.2, 0) is 16.6 Å². The van der Waals surface area contributed by atoms with Crippen LogP contribution in [0, 0.1) is 5.92 Å². The molecular weight excluding hydrogens is 262 g/mol. The molecule has 5 heteroatoms. The molecule has 1 N–H and O–H groups in total. The quantitative estimate of drug-likeness (QED) is 0.899. The molecule has 2 rings (SSSR count). The Bertz CT molecular complexity index is 510. The lowest BCUT2D eigenvalue weighted by molar-refractivity contribution is 0.281. The number of rotatable bonds is 5. The van der Waals surface area contributed by atoms with Crippen LogP contribution in [0.5, 0.6) is 0 Å². The summed E-state index contributed by atoms with van der Waals surface area (Å²) in [6.07, 6.45) is 3.15. The van der Waals surface area contributed by atoms with E-state index in [1.165, 1.54) is 0 Å². The van der Waals surface area contributed by atoms with Gasteiger partial charge in [0.15, 0.2) is 0 Å². The van der Waals surface area contributed by atoms with E-state index in [1.807, 2.05) is 0 Å². The third kappa shape index (κ3) is 3.16. The third-order valence-electron chi connectivity index (χ3n) is 3.69. The molecular formula is C14H21NO3S. The van der Waals surface area contributed by atoms with Gasteiger partial charge in [-0.2, -0.15) is 4.31 Å². The van der Waals surface area contributed by atoms with Crippen LogP contribution >= 0.6 is 0 Å². The van der Waals surface area contributed by atoms with Crippen LogP contribution in [0.25, 0.3) is 0 Å². The second-order valence-corrected chi connectivity index (χ2v) is 7.05. The molecule has 1 aliphatic rings. The first-order valence-corrected chi connectivity index (χ1v) is 8.22. The van der Waals surface area contributed by atoms with Crippen molar-refractivity contribution in [2.24, 2.45) is 5.92 Å². The van der Waals surface area contributed by atoms with Crippen molar-refractivity contribution in [3.05, 3.63) is 29.8 Å². The Kier molecular flexibility index (Phi) is 4.60. The van der Waals surface area contributed by atoms with E-state index < -0.39 is 10.0 Å². The van der Waals surface area contributed by atoms with Crippen LogP contribution in [0.4, 0.5) is 0 Å². The van der Waals surface area contributed by atoms with Gasteiger partial charge in [-0.25, -0.2) is 8.42 Å². The molecule has 1 aromatic rings. The zero-order valence-corrected chi connectivity index (χ0v) is 12.1. The molecule has 1 aliphatic heterocycles. The number of hydrogen-bond acceptors (Lipinski definition) is 3. The molecule has 19 heavy (non-hydrogen) atoms. The number of sulfonamides is 1. The fourth-order valence-electron chi connectivity index (χ4n) is 2.58. The Balaban J connectivity index is 2.13. The van der Waals surface area contributed by atoms with Crippen LogP contribution in [0.3, 0.4) is 0 Å². The highest BCUT2D eigenvalue weighted by Crippen LogP contribution is 2.26. The SMILES string of the molecule is CCCC1CCN(S(=O)(=O)c2ccc(CO)cc2)C1. The first-order chi connectivity index (χ1) is 9.07. The van der Waals surface area contributed by atoms with E-state index in [0.717, 1.165) is 24.8 Å². The highest BCUT2D eigenvalue weighted by atomic mass is 32.2. The van der Waals surface area contributed by atoms with E-state index in [1.54, 1.807) is 28.6 Å². The Hall–Kier alpha value is -0.910. The first-order valence-electron chi connectivity index (χ1n) is 6.78. The van der Waals surface area contributed by atoms with E-state index in [2.05, 4.69) is 6.92 Å². The van der Waals surface area contributed by atoms with E-state index in [0.29, 0.717) is 23.9 Å². The van der Waals surface area contributed by atoms with Gasteiger partial charge in [-0.1, -0.05) is 25.5 Å². The summed E-state index contributed by atoms with van der Waals surface area (Å²) >= 11 is 0. The monoisotopic (exact) mass is 283 g/mol. The molecule has 0 amide bonds. The Morgan fingerprint density at radius 1 is 1.32 bits per heavy atom. The maximum absolute atomic E-state index is 12.4. The predicted molar refractivity (Wildman–Crippen MR) is 74.1 cm³/mol. The van der Waals surface area contributed by atoms with Crippen molar-refractivity contribution in [2.75, 3.05) is 13.1 Å². The second kappa shape index (κ2) is 6.03. The van der Waals surface area contributed by atoms with Crippen molar-refractivity contribution in [1.82, 2.24) is 4.31 Å². The lowest BCUT2D eigenvalue weighted by atomic mass is 10.0. The first kappa shape index (κ1) is 14.5. The molecule has 0 spiro atoms. The van der Waals surface area contributed by atoms with Crippen LogP contribution in [-0.4, -0.2) is 30.9 Å². The van der Waals surface area contributed by atoms with E-state index >= 15 is 0 Å². The topological polar surface area (TPSA) is 57.6 Å². The molecule has 1 heterocycles. The van der Waals surface area contributed by atoms with Crippen molar-refractivity contribution in [2.45, 2.75) is 37.7 Å². The normalized spacial score (nSPS) is 20.8. The summed E-state index contributed by atoms with van der Waals surface area (Å²) in [6, 6.07) is 6.47. The third-order valence-corrected chi connectivity index (χ3v) is 5.57. The minimum Gasteiger partial charge on any atom is -0.392 e. The van der Waals surface area contributed by atoms with Crippen molar-refractivity contribution in [3.8, 4) is 0 Å². The predicted octanol–water partition coefficient (Wildman–Crippen LogP) is 1.99. The van der Waals surface area contributed by atoms with Crippen molar-refractivity contribution < 1.29 is 13.5 Å². The van der Waals surface area contributed by atoms with Crippen LogP contribution < -0.4 is 0 Å². The minimum absolute atomic E-state index is 0.0668. The summed E-state index contributed by atoms with van der Waals surface area (Å²) in [4.78, 5) is 0.321. The highest BCUT2D eigenvalue weighted by Gasteiger charge is 2.31. The van der Waals surface area contributed by atoms with Gasteiger partial charge >= 0.3 is 0 Å². The smallest absolute Gasteiger partial charge is 0.243 e. The maximum Gasteiger partial charge on any atom is 0.243 e. The van der Waals surface area contributed by atoms with E-state index in [4.69, 9.17) is 5.11 Å². The van der Waals surface area contributed by atoms with Crippen LogP contribution in [0.2, 0.25) is 0 Å². The number of nitrogens with zero attached hydrogens (tertiary/aromatic N) is 1. The van der Waals surface area contributed by atoms with Crippen LogP contribution in [0.15, 0.2) is 29.2 Å². The van der Waals surface area contributed by atoms with Gasteiger partial charge in [0.25, 0.3) is 0 Å². The number of aliphatic hydroxyl groups is 1. The van der Waals surface area contributed by atoms with Crippen molar-refractivity contribution in [1.29, 1.82) is 0 Å². The zero-order chi connectivity index (χ0) is 13.9. The Morgan fingerprint density at radius 3 is 2.58 bits per heavy atom. The van der Waals surface area contributed by atoms with Crippen molar-refractivity contribution in [3.63, 3.8) is 0 Å². The van der Waals surface area contributed by atoms with Crippen molar-refractivity contribution >= 4 is 10.0 Å². The average molecular weight is 283 g/mol. The van der Waals surface area contributed by atoms with Crippen LogP contribution in [0.1, 0.15) is 31.7 Å². The number of aliphatic hydroxyl groups excluding tert-OH is 1. The molecule has 4 nitrogen and oxygen atoms in total. The van der Waals surface area contributed by atoms with Gasteiger partial charge in [0, 0.05) is 13.1 Å². The molecule has 0 aromatic heterocycles. The summed E-state index contributed by atoms with van der Waals surface area (Å²) in [5.41, 5.74) is 0.726. The minimum atomic E-state index is -3.36. The summed E-state index contributed by atoms with van der Waals surface area (Å²) < 4.78 is 26.5. The highest BCUT2D eigenvalue weighted by molar-refractivity contribution is 7.89. The molecule has 1 aromatic carbocycles. The Morgan fingerprint density at radius 2 is 2.00 bits per heavy atom. The summed E-state index contributed by atoms with van der Waals surface area (Å²) in [5, 5.41) is 8.98. The molecule has 1 saturated heterocycles. The summed E-state index contributed by atoms with van der Waals surface area (Å²) in [5.74, 6) is 0.497.